The smallest absolute Gasteiger partial charge is 0.0713 e. The monoisotopic (exact) mass is 855 g/mol. The van der Waals surface area contributed by atoms with Gasteiger partial charge in [0, 0.05) is 27.8 Å². The Kier molecular flexibility index (Phi) is 8.67. The Morgan fingerprint density at radius 1 is 0.299 bits per heavy atom. The van der Waals surface area contributed by atoms with Crippen LogP contribution in [0.25, 0.3) is 44.5 Å². The Balaban J connectivity index is 0.995. The van der Waals surface area contributed by atoms with Gasteiger partial charge in [0.25, 0.3) is 0 Å². The van der Waals surface area contributed by atoms with Gasteiger partial charge in [-0.25, -0.2) is 0 Å². The predicted octanol–water partition coefficient (Wildman–Crippen LogP) is 16.8. The van der Waals surface area contributed by atoms with E-state index in [9.17, 15) is 0 Å². The summed E-state index contributed by atoms with van der Waals surface area (Å²) >= 11 is 0. The molecular formula is C66H49N. The molecule has 13 rings (SSSR count). The van der Waals surface area contributed by atoms with E-state index in [-0.39, 0.29) is 10.8 Å². The van der Waals surface area contributed by atoms with Crippen LogP contribution in [-0.2, 0) is 16.2 Å². The quantitative estimate of drug-likeness (QED) is 0.154. The zero-order valence-electron chi connectivity index (χ0n) is 38.0. The van der Waals surface area contributed by atoms with Crippen LogP contribution in [0, 0.1) is 0 Å². The average Bonchev–Trinajstić information content (AvgIpc) is 3.93. The maximum atomic E-state index is 2.52. The number of benzene rings is 10. The molecule has 0 saturated carbocycles. The van der Waals surface area contributed by atoms with Crippen molar-refractivity contribution in [3.05, 3.63) is 293 Å². The van der Waals surface area contributed by atoms with E-state index in [0.717, 1.165) is 11.4 Å². The molecule has 0 radical (unpaired) electrons. The van der Waals surface area contributed by atoms with Crippen molar-refractivity contribution in [2.45, 2.75) is 37.0 Å². The van der Waals surface area contributed by atoms with Gasteiger partial charge < -0.3 is 4.90 Å². The van der Waals surface area contributed by atoms with Crippen LogP contribution in [0.1, 0.15) is 70.8 Å². The molecule has 0 fully saturated rings. The molecule has 10 aromatic carbocycles. The molecule has 67 heavy (non-hydrogen) atoms. The van der Waals surface area contributed by atoms with Gasteiger partial charge in [-0.15, -0.1) is 0 Å². The first-order chi connectivity index (χ1) is 32.9. The zero-order chi connectivity index (χ0) is 44.9. The van der Waals surface area contributed by atoms with Crippen molar-refractivity contribution in [2.75, 3.05) is 4.90 Å². The Morgan fingerprint density at radius 3 is 1.45 bits per heavy atom. The van der Waals surface area contributed by atoms with E-state index in [1.54, 1.807) is 0 Å². The van der Waals surface area contributed by atoms with Gasteiger partial charge in [-0.1, -0.05) is 220 Å². The van der Waals surface area contributed by atoms with E-state index >= 15 is 0 Å². The number of rotatable bonds is 7. The van der Waals surface area contributed by atoms with Crippen LogP contribution in [0.5, 0.6) is 0 Å². The molecule has 3 aliphatic rings. The Labute approximate surface area is 394 Å². The van der Waals surface area contributed by atoms with Gasteiger partial charge in [-0.05, 0) is 132 Å². The minimum absolute atomic E-state index is 0.134. The summed E-state index contributed by atoms with van der Waals surface area (Å²) in [4.78, 5) is 2.52. The lowest BCUT2D eigenvalue weighted by Crippen LogP contribution is -2.28. The predicted molar refractivity (Wildman–Crippen MR) is 279 cm³/mol. The van der Waals surface area contributed by atoms with Crippen LogP contribution >= 0.6 is 0 Å². The van der Waals surface area contributed by atoms with Crippen LogP contribution in [-0.4, -0.2) is 0 Å². The van der Waals surface area contributed by atoms with E-state index in [1.165, 1.54) is 100 Å². The Bertz CT molecular complexity index is 3510. The molecule has 0 saturated heterocycles. The SMILES string of the molecule is CC1(C)c2ccccc2-c2c(N(c3ccc(-c4ccc5c(c4)C(c4ccccc4)(c4ccccc4)c4ccccc4-5)cc3)c3ccc4c(c3)C(C)(c3ccccc3)c3ccccc3-4)cccc21. The summed E-state index contributed by atoms with van der Waals surface area (Å²) in [5.41, 5.74) is 24.6. The molecule has 10 aromatic rings. The van der Waals surface area contributed by atoms with Crippen LogP contribution in [0.4, 0.5) is 17.1 Å². The number of hydrogen-bond donors (Lipinski definition) is 0. The standard InChI is InChI=1S/C66H49N/c1-64(2)56-29-16-15-28-55(56)63-59(64)32-19-33-62(63)67(50-39-41-53-51-26-13-17-30-57(51)65(3,60(53)43-50)46-20-7-4-8-21-46)49-37-34-44(35-38-49)45-36-40-54-52-27-14-18-31-58(52)66(61(54)42-45,47-22-9-5-10-23-47)48-24-11-6-12-25-48/h4-43H,1-3H3. The van der Waals surface area contributed by atoms with E-state index in [4.69, 9.17) is 0 Å². The summed E-state index contributed by atoms with van der Waals surface area (Å²) in [5.74, 6) is 0. The first-order valence-electron chi connectivity index (χ1n) is 23.7. The van der Waals surface area contributed by atoms with Gasteiger partial charge in [0.2, 0.25) is 0 Å². The van der Waals surface area contributed by atoms with Crippen LogP contribution in [0.15, 0.2) is 243 Å². The van der Waals surface area contributed by atoms with E-state index < -0.39 is 5.41 Å². The summed E-state index contributed by atoms with van der Waals surface area (Å²) < 4.78 is 0. The van der Waals surface area contributed by atoms with Gasteiger partial charge in [-0.3, -0.25) is 0 Å². The summed E-state index contributed by atoms with van der Waals surface area (Å²) in [6, 6.07) is 90.8. The Morgan fingerprint density at radius 2 is 0.776 bits per heavy atom. The molecule has 0 aliphatic heterocycles. The first kappa shape index (κ1) is 39.4. The maximum absolute atomic E-state index is 2.52. The van der Waals surface area contributed by atoms with Crippen LogP contribution in [0.3, 0.4) is 0 Å². The highest BCUT2D eigenvalue weighted by Crippen LogP contribution is 2.59. The molecule has 318 valence electrons. The normalized spacial score (nSPS) is 16.3. The van der Waals surface area contributed by atoms with Crippen molar-refractivity contribution in [3.63, 3.8) is 0 Å². The summed E-state index contributed by atoms with van der Waals surface area (Å²) in [5, 5.41) is 0. The maximum Gasteiger partial charge on any atom is 0.0713 e. The molecule has 1 unspecified atom stereocenters. The Hall–Kier alpha value is -8.00. The number of fused-ring (bicyclic) bond motifs is 9. The van der Waals surface area contributed by atoms with E-state index in [0.29, 0.717) is 0 Å². The van der Waals surface area contributed by atoms with Crippen molar-refractivity contribution in [1.82, 2.24) is 0 Å². The van der Waals surface area contributed by atoms with Gasteiger partial charge >= 0.3 is 0 Å². The van der Waals surface area contributed by atoms with Crippen molar-refractivity contribution in [3.8, 4) is 44.5 Å². The molecule has 3 aliphatic carbocycles. The fourth-order valence-corrected chi connectivity index (χ4v) is 12.5. The van der Waals surface area contributed by atoms with Crippen molar-refractivity contribution in [2.24, 2.45) is 0 Å². The number of anilines is 3. The third-order valence-electron chi connectivity index (χ3n) is 15.7. The average molecular weight is 856 g/mol. The summed E-state index contributed by atoms with van der Waals surface area (Å²) in [6.07, 6.45) is 0. The van der Waals surface area contributed by atoms with Crippen molar-refractivity contribution in [1.29, 1.82) is 0 Å². The molecule has 0 heterocycles. The highest BCUT2D eigenvalue weighted by atomic mass is 15.1. The second-order valence-corrected chi connectivity index (χ2v) is 19.3. The minimum Gasteiger partial charge on any atom is -0.310 e. The number of hydrogen-bond acceptors (Lipinski definition) is 1. The van der Waals surface area contributed by atoms with Crippen molar-refractivity contribution < 1.29 is 0 Å². The molecule has 1 nitrogen and oxygen atoms in total. The largest absolute Gasteiger partial charge is 0.310 e. The second kappa shape index (κ2) is 14.8. The van der Waals surface area contributed by atoms with Gasteiger partial charge in [0.05, 0.1) is 11.1 Å². The lowest BCUT2D eigenvalue weighted by atomic mass is 9.67. The molecule has 0 amide bonds. The number of nitrogens with zero attached hydrogens (tertiary/aromatic N) is 1. The topological polar surface area (TPSA) is 3.24 Å². The van der Waals surface area contributed by atoms with E-state index in [1.807, 2.05) is 0 Å². The highest BCUT2D eigenvalue weighted by molar-refractivity contribution is 5.96. The lowest BCUT2D eigenvalue weighted by Gasteiger charge is -2.34. The fourth-order valence-electron chi connectivity index (χ4n) is 12.5. The third kappa shape index (κ3) is 5.55. The third-order valence-corrected chi connectivity index (χ3v) is 15.7. The summed E-state index contributed by atoms with van der Waals surface area (Å²) in [6.45, 7) is 7.16. The first-order valence-corrected chi connectivity index (χ1v) is 23.7. The fraction of sp³-hybridized carbons (Fsp3) is 0.0909. The molecule has 0 spiro atoms. The zero-order valence-corrected chi connectivity index (χ0v) is 38.0. The lowest BCUT2D eigenvalue weighted by molar-refractivity contribution is 0.660. The van der Waals surface area contributed by atoms with E-state index in [2.05, 4.69) is 268 Å². The van der Waals surface area contributed by atoms with Crippen LogP contribution in [0.2, 0.25) is 0 Å². The summed E-state index contributed by atoms with van der Waals surface area (Å²) in [7, 11) is 0. The molecule has 0 bridgehead atoms. The van der Waals surface area contributed by atoms with Crippen molar-refractivity contribution >= 4 is 17.1 Å². The molecule has 0 N–H and O–H groups in total. The molecule has 1 atom stereocenters. The minimum atomic E-state index is -0.458. The molecule has 0 aromatic heterocycles. The van der Waals surface area contributed by atoms with Gasteiger partial charge in [0.1, 0.15) is 0 Å². The highest BCUT2D eigenvalue weighted by Gasteiger charge is 2.46. The molecule has 1 heteroatoms. The molecular weight excluding hydrogens is 807 g/mol. The second-order valence-electron chi connectivity index (χ2n) is 19.3. The van der Waals surface area contributed by atoms with Gasteiger partial charge in [-0.2, -0.15) is 0 Å². The van der Waals surface area contributed by atoms with Gasteiger partial charge in [0.15, 0.2) is 0 Å². The van der Waals surface area contributed by atoms with Crippen LogP contribution < -0.4 is 4.90 Å².